The summed E-state index contributed by atoms with van der Waals surface area (Å²) in [5.74, 6) is 1.76. The van der Waals surface area contributed by atoms with Gasteiger partial charge >= 0.3 is 0 Å². The van der Waals surface area contributed by atoms with Crippen molar-refractivity contribution in [3.8, 4) is 0 Å². The molecule has 0 radical (unpaired) electrons. The lowest BCUT2D eigenvalue weighted by atomic mass is 9.95. The molecule has 5 N–H and O–H groups in total. The molecule has 0 saturated heterocycles. The Morgan fingerprint density at radius 3 is 2.55 bits per heavy atom. The molecule has 0 atom stereocenters. The first kappa shape index (κ1) is 23.7. The number of amides is 2. The van der Waals surface area contributed by atoms with Crippen LogP contribution in [-0.2, 0) is 24.7 Å². The first-order valence-corrected chi connectivity index (χ1v) is 12.8. The van der Waals surface area contributed by atoms with Crippen LogP contribution in [0.5, 0.6) is 0 Å². The van der Waals surface area contributed by atoms with Crippen molar-refractivity contribution in [3.05, 3.63) is 27.8 Å². The number of anilines is 2. The van der Waals surface area contributed by atoms with Crippen molar-refractivity contribution in [2.24, 2.45) is 24.6 Å². The van der Waals surface area contributed by atoms with Gasteiger partial charge in [0.15, 0.2) is 5.11 Å². The van der Waals surface area contributed by atoms with Gasteiger partial charge < -0.3 is 21.7 Å². The molecule has 10 heteroatoms. The molecule has 2 heterocycles. The number of fused-ring (bicyclic) bond motifs is 1. The van der Waals surface area contributed by atoms with Crippen LogP contribution < -0.4 is 21.7 Å². The molecule has 33 heavy (non-hydrogen) atoms. The lowest BCUT2D eigenvalue weighted by Gasteiger charge is -2.13. The Morgan fingerprint density at radius 2 is 1.94 bits per heavy atom. The second-order valence-electron chi connectivity index (χ2n) is 9.12. The Hall–Kier alpha value is -2.46. The van der Waals surface area contributed by atoms with Gasteiger partial charge in [-0.2, -0.15) is 5.10 Å². The van der Waals surface area contributed by atoms with Crippen LogP contribution in [0, 0.1) is 18.8 Å². The van der Waals surface area contributed by atoms with E-state index in [-0.39, 0.29) is 22.8 Å². The van der Waals surface area contributed by atoms with Gasteiger partial charge in [-0.15, -0.1) is 11.3 Å². The predicted molar refractivity (Wildman–Crippen MR) is 136 cm³/mol. The van der Waals surface area contributed by atoms with E-state index in [4.69, 9.17) is 5.73 Å². The van der Waals surface area contributed by atoms with Crippen LogP contribution in [0.3, 0.4) is 0 Å². The molecule has 2 aromatic heterocycles. The number of aryl methyl sites for hydroxylation is 3. The number of nitrogens with zero attached hydrogens (tertiary/aromatic N) is 2. The number of rotatable bonds is 6. The molecule has 0 unspecified atom stereocenters. The SMILES string of the molecule is Cc1cc(NC(N)=S)n(C)n1.O=C(NCC1CC1)c1c(NC(=O)C2CC2)sc2c1CCCC2. The minimum atomic E-state index is 0.0115. The lowest BCUT2D eigenvalue weighted by Crippen LogP contribution is -2.27. The number of carbonyl (C=O) groups excluding carboxylic acids is 2. The summed E-state index contributed by atoms with van der Waals surface area (Å²) in [4.78, 5) is 26.0. The Labute approximate surface area is 203 Å². The maximum Gasteiger partial charge on any atom is 0.254 e. The van der Waals surface area contributed by atoms with Crippen LogP contribution in [0.4, 0.5) is 10.8 Å². The molecule has 3 aliphatic rings. The zero-order chi connectivity index (χ0) is 23.5. The fourth-order valence-corrected chi connectivity index (χ4v) is 5.35. The molecule has 3 aliphatic carbocycles. The van der Waals surface area contributed by atoms with Crippen molar-refractivity contribution in [2.75, 3.05) is 17.2 Å². The molecule has 2 fully saturated rings. The molecule has 2 aromatic rings. The third-order valence-corrected chi connectivity index (χ3v) is 7.39. The van der Waals surface area contributed by atoms with Crippen LogP contribution in [0.2, 0.25) is 0 Å². The van der Waals surface area contributed by atoms with Gasteiger partial charge in [0.05, 0.1) is 11.3 Å². The molecule has 0 aliphatic heterocycles. The van der Waals surface area contributed by atoms with Gasteiger partial charge in [0.2, 0.25) is 5.91 Å². The van der Waals surface area contributed by atoms with Gasteiger partial charge in [0.1, 0.15) is 10.8 Å². The number of nitrogens with one attached hydrogen (secondary N) is 3. The quantitative estimate of drug-likeness (QED) is 0.463. The van der Waals surface area contributed by atoms with Crippen molar-refractivity contribution in [1.29, 1.82) is 0 Å². The fraction of sp³-hybridized carbons (Fsp3) is 0.565. The molecule has 0 bridgehead atoms. The molecule has 0 spiro atoms. The number of thiophene rings is 1. The molecular weight excluding hydrogens is 456 g/mol. The molecule has 2 saturated carbocycles. The normalized spacial score (nSPS) is 16.8. The highest BCUT2D eigenvalue weighted by Crippen LogP contribution is 2.40. The van der Waals surface area contributed by atoms with Gasteiger partial charge in [-0.1, -0.05) is 0 Å². The molecule has 5 rings (SSSR count). The van der Waals surface area contributed by atoms with E-state index < -0.39 is 0 Å². The highest BCUT2D eigenvalue weighted by atomic mass is 32.1. The first-order chi connectivity index (χ1) is 15.8. The summed E-state index contributed by atoms with van der Waals surface area (Å²) < 4.78 is 1.69. The fourth-order valence-electron chi connectivity index (χ4n) is 3.95. The number of aromatic nitrogens is 2. The minimum absolute atomic E-state index is 0.0115. The highest BCUT2D eigenvalue weighted by molar-refractivity contribution is 7.80. The van der Waals surface area contributed by atoms with Crippen molar-refractivity contribution in [2.45, 2.75) is 58.3 Å². The third-order valence-electron chi connectivity index (χ3n) is 6.08. The number of nitrogens with two attached hydrogens (primary N) is 1. The monoisotopic (exact) mass is 488 g/mol. The maximum atomic E-state index is 12.6. The summed E-state index contributed by atoms with van der Waals surface area (Å²) in [6, 6.07) is 1.87. The van der Waals surface area contributed by atoms with E-state index in [1.165, 1.54) is 29.7 Å². The maximum absolute atomic E-state index is 12.6. The topological polar surface area (TPSA) is 114 Å². The van der Waals surface area contributed by atoms with Gasteiger partial charge in [0.25, 0.3) is 5.91 Å². The van der Waals surface area contributed by atoms with Crippen molar-refractivity contribution in [3.63, 3.8) is 0 Å². The van der Waals surface area contributed by atoms with E-state index in [0.717, 1.165) is 60.7 Å². The van der Waals surface area contributed by atoms with Crippen molar-refractivity contribution in [1.82, 2.24) is 15.1 Å². The molecular formula is C23H32N6O2S2. The second-order valence-corrected chi connectivity index (χ2v) is 10.7. The summed E-state index contributed by atoms with van der Waals surface area (Å²) in [6.07, 6.45) is 8.77. The third kappa shape index (κ3) is 6.32. The second kappa shape index (κ2) is 10.2. The van der Waals surface area contributed by atoms with Crippen LogP contribution in [0.25, 0.3) is 0 Å². The average molecular weight is 489 g/mol. The smallest absolute Gasteiger partial charge is 0.254 e. The summed E-state index contributed by atoms with van der Waals surface area (Å²) >= 11 is 6.29. The molecule has 8 nitrogen and oxygen atoms in total. The van der Waals surface area contributed by atoms with Crippen LogP contribution >= 0.6 is 23.6 Å². The Balaban J connectivity index is 0.000000200. The predicted octanol–water partition coefficient (Wildman–Crippen LogP) is 3.50. The first-order valence-electron chi connectivity index (χ1n) is 11.6. The van der Waals surface area contributed by atoms with E-state index in [1.54, 1.807) is 16.0 Å². The minimum Gasteiger partial charge on any atom is -0.376 e. The van der Waals surface area contributed by atoms with Crippen LogP contribution in [-0.4, -0.2) is 33.3 Å². The van der Waals surface area contributed by atoms with E-state index in [9.17, 15) is 9.59 Å². The largest absolute Gasteiger partial charge is 0.376 e. The van der Waals surface area contributed by atoms with Gasteiger partial charge in [0, 0.05) is 30.5 Å². The molecule has 2 amide bonds. The summed E-state index contributed by atoms with van der Waals surface area (Å²) in [5.41, 5.74) is 8.17. The Morgan fingerprint density at radius 1 is 1.21 bits per heavy atom. The Kier molecular flexibility index (Phi) is 7.33. The number of carbonyl (C=O) groups is 2. The Bertz CT molecular complexity index is 1050. The van der Waals surface area contributed by atoms with Crippen LogP contribution in [0.15, 0.2) is 6.07 Å². The van der Waals surface area contributed by atoms with Crippen molar-refractivity contribution < 1.29 is 9.59 Å². The van der Waals surface area contributed by atoms with Gasteiger partial charge in [-0.3, -0.25) is 14.3 Å². The summed E-state index contributed by atoms with van der Waals surface area (Å²) in [6.45, 7) is 2.68. The number of hydrogen-bond donors (Lipinski definition) is 4. The standard InChI is InChI=1S/C17H22N2O2S.C6H10N4S/c20-15(11-7-8-11)19-17-14(16(21)18-9-10-5-6-10)12-3-1-2-4-13(12)22-17;1-4-3-5(8-6(7)11)10(2)9-4/h10-11H,1-9H2,(H,18,21)(H,19,20);3H,1-2H3,(H3,7,8,11). The van der Waals surface area contributed by atoms with Gasteiger partial charge in [-0.25, -0.2) is 0 Å². The highest BCUT2D eigenvalue weighted by Gasteiger charge is 2.33. The van der Waals surface area contributed by atoms with E-state index in [2.05, 4.69) is 33.3 Å². The van der Waals surface area contributed by atoms with Crippen molar-refractivity contribution >= 4 is 51.3 Å². The van der Waals surface area contributed by atoms with Crippen LogP contribution in [0.1, 0.15) is 65.0 Å². The number of hydrogen-bond acceptors (Lipinski definition) is 5. The number of thiocarbonyl (C=S) groups is 1. The lowest BCUT2D eigenvalue weighted by molar-refractivity contribution is -0.117. The van der Waals surface area contributed by atoms with E-state index >= 15 is 0 Å². The van der Waals surface area contributed by atoms with E-state index in [0.29, 0.717) is 5.92 Å². The van der Waals surface area contributed by atoms with Gasteiger partial charge in [-0.05, 0) is 82.0 Å². The average Bonchev–Trinajstić information content (AvgIpc) is 3.68. The zero-order valence-corrected chi connectivity index (χ0v) is 20.8. The van der Waals surface area contributed by atoms with E-state index in [1.807, 2.05) is 20.0 Å². The summed E-state index contributed by atoms with van der Waals surface area (Å²) in [7, 11) is 1.83. The zero-order valence-electron chi connectivity index (χ0n) is 19.2. The molecule has 178 valence electrons. The summed E-state index contributed by atoms with van der Waals surface area (Å²) in [5, 5.41) is 14.1. The molecule has 0 aromatic carbocycles.